The molecule has 1 aliphatic rings. The summed E-state index contributed by atoms with van der Waals surface area (Å²) in [6.45, 7) is 6.37. The summed E-state index contributed by atoms with van der Waals surface area (Å²) in [6.07, 6.45) is 4.00. The molecule has 7 nitrogen and oxygen atoms in total. The van der Waals surface area contributed by atoms with Gasteiger partial charge in [-0.2, -0.15) is 22.3 Å². The zero-order valence-electron chi connectivity index (χ0n) is 17.1. The van der Waals surface area contributed by atoms with Crippen molar-refractivity contribution in [2.75, 3.05) is 13.2 Å². The Morgan fingerprint density at radius 3 is 2.37 bits per heavy atom. The molecule has 3 rings (SSSR count). The number of rotatable bonds is 3. The zero-order valence-corrected chi connectivity index (χ0v) is 18.1. The fourth-order valence-electron chi connectivity index (χ4n) is 2.61. The van der Waals surface area contributed by atoms with Gasteiger partial charge in [0.1, 0.15) is 12.2 Å². The summed E-state index contributed by atoms with van der Waals surface area (Å²) >= 11 is 0. The molecule has 30 heavy (non-hydrogen) atoms. The molecule has 0 aromatic carbocycles. The first-order valence-corrected chi connectivity index (χ1v) is 9.20. The third kappa shape index (κ3) is 8.02. The number of nitrogens with zero attached hydrogens (tertiary/aromatic N) is 3. The lowest BCUT2D eigenvalue weighted by Crippen LogP contribution is -2.42. The molecule has 1 aliphatic heterocycles. The maximum atomic E-state index is 13.4. The van der Waals surface area contributed by atoms with Crippen LogP contribution in [0.25, 0.3) is 0 Å². The number of aromatic hydroxyl groups is 1. The number of hydrogen-bond donors (Lipinski definition) is 1. The SMILES string of the molecule is CC(C)(C)OC(=O)N1CCC[C@H]1COc1cccnc1F.Oc1cccnc1F.S. The van der Waals surface area contributed by atoms with E-state index in [2.05, 4.69) is 9.97 Å². The summed E-state index contributed by atoms with van der Waals surface area (Å²) in [7, 11) is 0. The van der Waals surface area contributed by atoms with Crippen LogP contribution in [-0.4, -0.2) is 50.9 Å². The van der Waals surface area contributed by atoms with Gasteiger partial charge in [-0.25, -0.2) is 14.8 Å². The lowest BCUT2D eigenvalue weighted by atomic mass is 10.2. The molecule has 1 atom stereocenters. The predicted octanol–water partition coefficient (Wildman–Crippen LogP) is 4.04. The van der Waals surface area contributed by atoms with Crippen molar-refractivity contribution in [3.8, 4) is 11.5 Å². The number of ether oxygens (including phenoxy) is 2. The van der Waals surface area contributed by atoms with Crippen LogP contribution in [-0.2, 0) is 4.74 Å². The van der Waals surface area contributed by atoms with Gasteiger partial charge in [-0.15, -0.1) is 0 Å². The highest BCUT2D eigenvalue weighted by molar-refractivity contribution is 7.59. The average Bonchev–Trinajstić information content (AvgIpc) is 3.11. The summed E-state index contributed by atoms with van der Waals surface area (Å²) in [6, 6.07) is 5.73. The van der Waals surface area contributed by atoms with Crippen LogP contribution in [0, 0.1) is 11.9 Å². The highest BCUT2D eigenvalue weighted by atomic mass is 32.1. The van der Waals surface area contributed by atoms with E-state index >= 15 is 0 Å². The van der Waals surface area contributed by atoms with Crippen molar-refractivity contribution < 1.29 is 28.2 Å². The van der Waals surface area contributed by atoms with Gasteiger partial charge in [0.05, 0.1) is 6.04 Å². The van der Waals surface area contributed by atoms with Crippen molar-refractivity contribution in [3.63, 3.8) is 0 Å². The van der Waals surface area contributed by atoms with Crippen molar-refractivity contribution >= 4 is 19.6 Å². The zero-order chi connectivity index (χ0) is 21.4. The molecular weight excluding hydrogens is 416 g/mol. The van der Waals surface area contributed by atoms with E-state index in [0.717, 1.165) is 12.8 Å². The molecule has 166 valence electrons. The summed E-state index contributed by atoms with van der Waals surface area (Å²) in [4.78, 5) is 20.5. The van der Waals surface area contributed by atoms with E-state index in [4.69, 9.17) is 14.6 Å². The molecule has 0 unspecified atom stereocenters. The van der Waals surface area contributed by atoms with Gasteiger partial charge in [-0.3, -0.25) is 0 Å². The second kappa shape index (κ2) is 11.5. The highest BCUT2D eigenvalue weighted by Gasteiger charge is 2.32. The van der Waals surface area contributed by atoms with E-state index in [0.29, 0.717) is 6.54 Å². The highest BCUT2D eigenvalue weighted by Crippen LogP contribution is 2.22. The van der Waals surface area contributed by atoms with E-state index in [1.165, 1.54) is 30.6 Å². The third-order valence-electron chi connectivity index (χ3n) is 3.90. The number of halogens is 2. The topological polar surface area (TPSA) is 84.8 Å². The van der Waals surface area contributed by atoms with Crippen LogP contribution in [0.3, 0.4) is 0 Å². The first-order valence-electron chi connectivity index (χ1n) is 9.20. The van der Waals surface area contributed by atoms with E-state index in [-0.39, 0.29) is 38.0 Å². The van der Waals surface area contributed by atoms with Crippen molar-refractivity contribution in [1.82, 2.24) is 14.9 Å². The first kappa shape index (κ1) is 25.4. The number of likely N-dealkylation sites (tertiary alicyclic amines) is 1. The van der Waals surface area contributed by atoms with Crippen molar-refractivity contribution in [2.45, 2.75) is 45.3 Å². The Labute approximate surface area is 181 Å². The van der Waals surface area contributed by atoms with Gasteiger partial charge in [-0.05, 0) is 57.9 Å². The molecule has 0 bridgehead atoms. The minimum absolute atomic E-state index is 0. The van der Waals surface area contributed by atoms with Gasteiger partial charge in [0.25, 0.3) is 11.9 Å². The molecule has 0 saturated carbocycles. The van der Waals surface area contributed by atoms with Crippen LogP contribution in [0.15, 0.2) is 36.7 Å². The number of hydrogen-bond acceptors (Lipinski definition) is 6. The Hall–Kier alpha value is -2.62. The lowest BCUT2D eigenvalue weighted by Gasteiger charge is -2.28. The Morgan fingerprint density at radius 2 is 1.83 bits per heavy atom. The van der Waals surface area contributed by atoms with E-state index < -0.39 is 23.2 Å². The minimum atomic E-state index is -0.826. The van der Waals surface area contributed by atoms with E-state index in [9.17, 15) is 13.6 Å². The standard InChI is InChI=1S/C15H21FN2O3.C5H4FNO.H2S/c1-15(2,3)21-14(19)18-9-5-6-11(18)10-20-12-7-4-8-17-13(12)16;6-5-4(8)2-1-3-7-5;/h4,7-8,11H,5-6,9-10H2,1-3H3;1-3,8H;1H2/t11-;;/m0../s1. The molecule has 3 heterocycles. The summed E-state index contributed by atoms with van der Waals surface area (Å²) in [5.41, 5.74) is -0.527. The number of pyridine rings is 2. The van der Waals surface area contributed by atoms with Gasteiger partial charge in [0.15, 0.2) is 11.5 Å². The molecular formula is C20H27F2N3O4S. The second-order valence-corrected chi connectivity index (χ2v) is 7.39. The Morgan fingerprint density at radius 1 is 1.20 bits per heavy atom. The quantitative estimate of drug-likeness (QED) is 0.721. The fraction of sp³-hybridized carbons (Fsp3) is 0.450. The molecule has 2 aromatic heterocycles. The lowest BCUT2D eigenvalue weighted by molar-refractivity contribution is 0.0186. The van der Waals surface area contributed by atoms with Crippen LogP contribution >= 0.6 is 13.5 Å². The van der Waals surface area contributed by atoms with Gasteiger partial charge in [-0.1, -0.05) is 0 Å². The van der Waals surface area contributed by atoms with E-state index in [1.807, 2.05) is 20.8 Å². The average molecular weight is 444 g/mol. The summed E-state index contributed by atoms with van der Waals surface area (Å²) < 4.78 is 36.2. The molecule has 1 amide bonds. The first-order chi connectivity index (χ1) is 13.7. The summed E-state index contributed by atoms with van der Waals surface area (Å²) in [5.74, 6) is -1.77. The monoisotopic (exact) mass is 443 g/mol. The van der Waals surface area contributed by atoms with Gasteiger partial charge in [0, 0.05) is 18.9 Å². The largest absolute Gasteiger partial charge is 0.504 e. The third-order valence-corrected chi connectivity index (χ3v) is 3.90. The number of amides is 1. The van der Waals surface area contributed by atoms with Crippen LogP contribution in [0.4, 0.5) is 13.6 Å². The number of carbonyl (C=O) groups excluding carboxylic acids is 1. The maximum absolute atomic E-state index is 13.4. The Kier molecular flexibility index (Phi) is 9.77. The molecule has 2 aromatic rings. The van der Waals surface area contributed by atoms with Gasteiger partial charge in [0.2, 0.25) is 0 Å². The summed E-state index contributed by atoms with van der Waals surface area (Å²) in [5, 5.41) is 8.48. The Bertz CT molecular complexity index is 800. The minimum Gasteiger partial charge on any atom is -0.504 e. The molecule has 0 radical (unpaired) electrons. The van der Waals surface area contributed by atoms with Gasteiger partial charge >= 0.3 is 6.09 Å². The van der Waals surface area contributed by atoms with Crippen molar-refractivity contribution in [2.24, 2.45) is 0 Å². The molecule has 1 N–H and O–H groups in total. The van der Waals surface area contributed by atoms with Crippen LogP contribution in [0.2, 0.25) is 0 Å². The molecule has 0 aliphatic carbocycles. The maximum Gasteiger partial charge on any atom is 0.410 e. The normalized spacial score (nSPS) is 15.5. The molecule has 10 heteroatoms. The van der Waals surface area contributed by atoms with Crippen LogP contribution in [0.1, 0.15) is 33.6 Å². The van der Waals surface area contributed by atoms with Crippen molar-refractivity contribution in [1.29, 1.82) is 0 Å². The second-order valence-electron chi connectivity index (χ2n) is 7.39. The van der Waals surface area contributed by atoms with E-state index in [1.54, 1.807) is 11.0 Å². The molecule has 0 spiro atoms. The fourth-order valence-corrected chi connectivity index (χ4v) is 2.61. The van der Waals surface area contributed by atoms with Crippen molar-refractivity contribution in [3.05, 3.63) is 48.6 Å². The Balaban J connectivity index is 0.000000421. The molecule has 1 saturated heterocycles. The van der Waals surface area contributed by atoms with Gasteiger partial charge < -0.3 is 19.5 Å². The number of carbonyl (C=O) groups is 1. The molecule has 1 fully saturated rings. The van der Waals surface area contributed by atoms with Crippen LogP contribution < -0.4 is 4.74 Å². The van der Waals surface area contributed by atoms with Crippen LogP contribution in [0.5, 0.6) is 11.5 Å². The number of aromatic nitrogens is 2. The smallest absolute Gasteiger partial charge is 0.410 e. The predicted molar refractivity (Wildman–Crippen MR) is 112 cm³/mol.